The summed E-state index contributed by atoms with van der Waals surface area (Å²) in [6.07, 6.45) is 2.16. The van der Waals surface area contributed by atoms with E-state index in [1.807, 2.05) is 17.5 Å². The van der Waals surface area contributed by atoms with Gasteiger partial charge in [0.25, 0.3) is 0 Å². The van der Waals surface area contributed by atoms with Crippen molar-refractivity contribution >= 4 is 32.7 Å². The molecule has 3 heterocycles. The molecule has 3 aromatic rings. The van der Waals surface area contributed by atoms with Crippen LogP contribution in [0.1, 0.15) is 29.5 Å². The van der Waals surface area contributed by atoms with Crippen molar-refractivity contribution in [1.82, 2.24) is 14.9 Å². The van der Waals surface area contributed by atoms with E-state index in [4.69, 9.17) is 4.52 Å². The van der Waals surface area contributed by atoms with E-state index in [0.717, 1.165) is 29.1 Å². The highest BCUT2D eigenvalue weighted by Crippen LogP contribution is 2.39. The molecule has 3 aromatic heterocycles. The molecule has 0 spiro atoms. The van der Waals surface area contributed by atoms with E-state index in [2.05, 4.69) is 14.9 Å². The lowest BCUT2D eigenvalue weighted by Crippen LogP contribution is -2.21. The highest BCUT2D eigenvalue weighted by atomic mass is 32.2. The Kier molecular flexibility index (Phi) is 3.80. The first kappa shape index (κ1) is 15.0. The van der Waals surface area contributed by atoms with E-state index in [1.165, 1.54) is 11.3 Å². The second-order valence-electron chi connectivity index (χ2n) is 5.29. The first-order valence-electron chi connectivity index (χ1n) is 7.06. The number of sulfonamides is 1. The van der Waals surface area contributed by atoms with Crippen molar-refractivity contribution in [3.63, 3.8) is 0 Å². The fourth-order valence-corrected chi connectivity index (χ4v) is 5.02. The summed E-state index contributed by atoms with van der Waals surface area (Å²) in [6.45, 7) is 0.293. The van der Waals surface area contributed by atoms with Crippen LogP contribution in [0.25, 0.3) is 11.4 Å². The third-order valence-electron chi connectivity index (χ3n) is 3.48. The highest BCUT2D eigenvalue weighted by molar-refractivity contribution is 7.91. The topological polar surface area (TPSA) is 85.1 Å². The molecule has 120 valence electrons. The third kappa shape index (κ3) is 3.23. The van der Waals surface area contributed by atoms with Crippen molar-refractivity contribution in [2.45, 2.75) is 29.5 Å². The smallest absolute Gasteiger partial charge is 0.250 e. The molecule has 0 atom stereocenters. The molecule has 0 bridgehead atoms. The molecule has 9 heteroatoms. The Bertz CT molecular complexity index is 908. The first-order valence-corrected chi connectivity index (χ1v) is 10.3. The van der Waals surface area contributed by atoms with Gasteiger partial charge in [0.05, 0.1) is 0 Å². The van der Waals surface area contributed by atoms with Crippen LogP contribution in [-0.4, -0.2) is 18.6 Å². The molecule has 0 aromatic carbocycles. The Balaban J connectivity index is 1.51. The van der Waals surface area contributed by atoms with Gasteiger partial charge in [0.2, 0.25) is 21.7 Å². The van der Waals surface area contributed by atoms with Crippen molar-refractivity contribution in [1.29, 1.82) is 0 Å². The molecule has 1 aliphatic carbocycles. The van der Waals surface area contributed by atoms with Gasteiger partial charge in [-0.05, 0) is 30.4 Å². The second kappa shape index (κ2) is 5.82. The average molecular weight is 367 g/mol. The lowest BCUT2D eigenvalue weighted by Gasteiger charge is -2.02. The lowest BCUT2D eigenvalue weighted by molar-refractivity contribution is 0.380. The van der Waals surface area contributed by atoms with Gasteiger partial charge in [-0.2, -0.15) is 4.98 Å². The fraction of sp³-hybridized carbons (Fsp3) is 0.286. The van der Waals surface area contributed by atoms with Gasteiger partial charge in [-0.15, -0.1) is 22.7 Å². The number of thiophene rings is 2. The molecular formula is C14H13N3O3S3. The molecule has 0 unspecified atom stereocenters. The average Bonchev–Trinajstić information content (AvgIpc) is 3.03. The molecule has 0 aliphatic heterocycles. The summed E-state index contributed by atoms with van der Waals surface area (Å²) in [5, 5.41) is 7.59. The van der Waals surface area contributed by atoms with Gasteiger partial charge in [0.1, 0.15) is 4.21 Å². The van der Waals surface area contributed by atoms with Gasteiger partial charge >= 0.3 is 0 Å². The molecule has 1 saturated carbocycles. The van der Waals surface area contributed by atoms with Crippen LogP contribution >= 0.6 is 22.7 Å². The highest BCUT2D eigenvalue weighted by Gasteiger charge is 2.30. The van der Waals surface area contributed by atoms with Crippen molar-refractivity contribution in [3.05, 3.63) is 39.7 Å². The van der Waals surface area contributed by atoms with Crippen LogP contribution in [0.5, 0.6) is 0 Å². The maximum Gasteiger partial charge on any atom is 0.250 e. The maximum atomic E-state index is 12.3. The summed E-state index contributed by atoms with van der Waals surface area (Å²) in [6, 6.07) is 5.37. The number of aromatic nitrogens is 2. The van der Waals surface area contributed by atoms with Crippen LogP contribution in [0.2, 0.25) is 0 Å². The third-order valence-corrected chi connectivity index (χ3v) is 7.20. The number of nitrogens with zero attached hydrogens (tertiary/aromatic N) is 2. The van der Waals surface area contributed by atoms with E-state index < -0.39 is 10.0 Å². The van der Waals surface area contributed by atoms with Crippen molar-refractivity contribution in [2.24, 2.45) is 0 Å². The number of hydrogen-bond acceptors (Lipinski definition) is 7. The van der Waals surface area contributed by atoms with E-state index in [0.29, 0.717) is 29.7 Å². The van der Waals surface area contributed by atoms with Crippen LogP contribution in [0, 0.1) is 0 Å². The number of rotatable bonds is 6. The Labute approximate surface area is 141 Å². The zero-order valence-corrected chi connectivity index (χ0v) is 14.4. The van der Waals surface area contributed by atoms with Crippen LogP contribution in [-0.2, 0) is 16.6 Å². The van der Waals surface area contributed by atoms with Crippen molar-refractivity contribution in [2.75, 3.05) is 0 Å². The number of nitrogens with one attached hydrogen (secondary N) is 1. The van der Waals surface area contributed by atoms with Gasteiger partial charge in [-0.25, -0.2) is 13.1 Å². The minimum absolute atomic E-state index is 0.252. The molecule has 1 N–H and O–H groups in total. The molecule has 1 fully saturated rings. The van der Waals surface area contributed by atoms with Crippen LogP contribution in [0.4, 0.5) is 0 Å². The Morgan fingerprint density at radius 1 is 1.35 bits per heavy atom. The number of hydrogen-bond donors (Lipinski definition) is 1. The lowest BCUT2D eigenvalue weighted by atomic mass is 10.3. The molecule has 0 saturated heterocycles. The first-order chi connectivity index (χ1) is 11.1. The molecule has 0 amide bonds. The summed E-state index contributed by atoms with van der Waals surface area (Å²) >= 11 is 2.67. The van der Waals surface area contributed by atoms with Crippen molar-refractivity contribution < 1.29 is 12.9 Å². The molecule has 6 nitrogen and oxygen atoms in total. The normalized spacial score (nSPS) is 15.1. The molecule has 1 aliphatic rings. The van der Waals surface area contributed by atoms with Crippen LogP contribution in [0.3, 0.4) is 0 Å². The summed E-state index contributed by atoms with van der Waals surface area (Å²) < 4.78 is 32.7. The zero-order valence-electron chi connectivity index (χ0n) is 11.9. The Hall–Kier alpha value is -1.55. The van der Waals surface area contributed by atoms with E-state index in [9.17, 15) is 8.42 Å². The van der Waals surface area contributed by atoms with Gasteiger partial charge < -0.3 is 4.52 Å². The maximum absolute atomic E-state index is 12.3. The monoisotopic (exact) mass is 367 g/mol. The molecule has 4 rings (SSSR count). The second-order valence-corrected chi connectivity index (χ2v) is 9.23. The van der Waals surface area contributed by atoms with Crippen LogP contribution < -0.4 is 4.72 Å². The van der Waals surface area contributed by atoms with Crippen molar-refractivity contribution in [3.8, 4) is 11.4 Å². The molecule has 0 radical (unpaired) electrons. The predicted molar refractivity (Wildman–Crippen MR) is 87.9 cm³/mol. The molecule has 23 heavy (non-hydrogen) atoms. The summed E-state index contributed by atoms with van der Waals surface area (Å²) in [5.74, 6) is 1.47. The van der Waals surface area contributed by atoms with Gasteiger partial charge in [0, 0.05) is 28.3 Å². The zero-order chi connectivity index (χ0) is 15.9. The minimum atomic E-state index is -3.53. The summed E-state index contributed by atoms with van der Waals surface area (Å²) in [7, 11) is -3.53. The predicted octanol–water partition coefficient (Wildman–Crippen LogP) is 3.22. The van der Waals surface area contributed by atoms with E-state index >= 15 is 0 Å². The van der Waals surface area contributed by atoms with Gasteiger partial charge in [0.15, 0.2) is 0 Å². The Morgan fingerprint density at radius 3 is 2.96 bits per heavy atom. The quantitative estimate of drug-likeness (QED) is 0.723. The van der Waals surface area contributed by atoms with Gasteiger partial charge in [-0.3, -0.25) is 0 Å². The van der Waals surface area contributed by atoms with E-state index in [-0.39, 0.29) is 4.21 Å². The standard InChI is InChI=1S/C14H13N3O3S3/c18-23(19,15-7-11-2-1-5-21-11)12-6-10(8-22-12)13-16-14(20-17-13)9-3-4-9/h1-2,5-6,8-9,15H,3-4,7H2. The fourth-order valence-electron chi connectivity index (χ4n) is 2.07. The van der Waals surface area contributed by atoms with Crippen LogP contribution in [0.15, 0.2) is 37.7 Å². The van der Waals surface area contributed by atoms with Gasteiger partial charge in [-0.1, -0.05) is 11.2 Å². The summed E-state index contributed by atoms with van der Waals surface area (Å²) in [5.41, 5.74) is 0.669. The largest absolute Gasteiger partial charge is 0.339 e. The SMILES string of the molecule is O=S(=O)(NCc1cccs1)c1cc(-c2noc(C3CC3)n2)cs1. The van der Waals surface area contributed by atoms with E-state index in [1.54, 1.807) is 11.4 Å². The Morgan fingerprint density at radius 2 is 2.22 bits per heavy atom. The summed E-state index contributed by atoms with van der Waals surface area (Å²) in [4.78, 5) is 5.31. The minimum Gasteiger partial charge on any atom is -0.339 e. The molecular weight excluding hydrogens is 354 g/mol.